The number of benzene rings is 2. The topological polar surface area (TPSA) is 59.1 Å². The number of carbonyl (C=O) groups excluding carboxylic acids is 2. The first kappa shape index (κ1) is 18.2. The lowest BCUT2D eigenvalue weighted by molar-refractivity contribution is -0.141. The highest BCUT2D eigenvalue weighted by molar-refractivity contribution is 5.86. The maximum atomic E-state index is 13.2. The monoisotopic (exact) mass is 392 g/mol. The number of amides is 2. The normalized spacial score (nSPS) is 27.8. The van der Waals surface area contributed by atoms with Gasteiger partial charge in [0.2, 0.25) is 11.8 Å². The Morgan fingerprint density at radius 2 is 1.93 bits per heavy atom. The minimum atomic E-state index is -0.686. The van der Waals surface area contributed by atoms with Gasteiger partial charge in [0.1, 0.15) is 5.75 Å². The maximum absolute atomic E-state index is 13.2. The summed E-state index contributed by atoms with van der Waals surface area (Å²) in [6.07, 6.45) is 1.23. The third-order valence-electron chi connectivity index (χ3n) is 6.49. The smallest absolute Gasteiger partial charge is 0.227 e. The van der Waals surface area contributed by atoms with Crippen LogP contribution < -0.4 is 4.74 Å². The maximum Gasteiger partial charge on any atom is 0.227 e. The third-order valence-corrected chi connectivity index (χ3v) is 6.49. The molecule has 3 aliphatic heterocycles. The first-order valence-electron chi connectivity index (χ1n) is 10.1. The van der Waals surface area contributed by atoms with Crippen LogP contribution in [0, 0.1) is 0 Å². The van der Waals surface area contributed by atoms with Gasteiger partial charge in [-0.15, -0.1) is 0 Å². The standard InChI is InChI=1S/C23H24N2O4/c1-28-19-10-6-5-9-17(19)13-21(26)24-12-11-23-20(24)14-22(27)25(23)18(15-29-23)16-7-3-2-4-8-16/h2-10,18,20H,11-15H2,1H3/t18-,20+,23-/m0/s1. The molecule has 3 aliphatic rings. The molecule has 0 aliphatic carbocycles. The Morgan fingerprint density at radius 3 is 2.72 bits per heavy atom. The molecule has 6 nitrogen and oxygen atoms in total. The van der Waals surface area contributed by atoms with E-state index in [1.807, 2.05) is 64.4 Å². The van der Waals surface area contributed by atoms with Crippen LogP contribution in [0.15, 0.2) is 54.6 Å². The van der Waals surface area contributed by atoms with Crippen LogP contribution in [-0.2, 0) is 20.7 Å². The van der Waals surface area contributed by atoms with Crippen LogP contribution >= 0.6 is 0 Å². The fourth-order valence-electron chi connectivity index (χ4n) is 5.18. The van der Waals surface area contributed by atoms with Gasteiger partial charge in [0.25, 0.3) is 0 Å². The number of hydrogen-bond acceptors (Lipinski definition) is 4. The van der Waals surface area contributed by atoms with Crippen molar-refractivity contribution in [1.29, 1.82) is 0 Å². The summed E-state index contributed by atoms with van der Waals surface area (Å²) in [7, 11) is 1.61. The summed E-state index contributed by atoms with van der Waals surface area (Å²) in [6, 6.07) is 17.3. The summed E-state index contributed by atoms with van der Waals surface area (Å²) < 4.78 is 11.7. The fraction of sp³-hybridized carbons (Fsp3) is 0.391. The second-order valence-corrected chi connectivity index (χ2v) is 7.89. The number of para-hydroxylation sites is 1. The van der Waals surface area contributed by atoms with E-state index in [1.165, 1.54) is 0 Å². The minimum Gasteiger partial charge on any atom is -0.496 e. The zero-order chi connectivity index (χ0) is 20.0. The van der Waals surface area contributed by atoms with Crippen molar-refractivity contribution in [3.8, 4) is 5.75 Å². The molecule has 0 saturated carbocycles. The molecule has 0 aromatic heterocycles. The second kappa shape index (κ2) is 6.88. The molecule has 3 fully saturated rings. The van der Waals surface area contributed by atoms with E-state index in [1.54, 1.807) is 7.11 Å². The average Bonchev–Trinajstić information content (AvgIpc) is 3.38. The predicted molar refractivity (Wildman–Crippen MR) is 106 cm³/mol. The SMILES string of the molecule is COc1ccccc1CC(=O)N1CC[C@@]23OC[C@@H](c4ccccc4)N2C(=O)C[C@@H]13. The third kappa shape index (κ3) is 2.74. The Bertz CT molecular complexity index is 947. The zero-order valence-electron chi connectivity index (χ0n) is 16.4. The van der Waals surface area contributed by atoms with Gasteiger partial charge in [-0.2, -0.15) is 0 Å². The van der Waals surface area contributed by atoms with Gasteiger partial charge >= 0.3 is 0 Å². The highest BCUT2D eigenvalue weighted by atomic mass is 16.5. The van der Waals surface area contributed by atoms with E-state index in [4.69, 9.17) is 9.47 Å². The second-order valence-electron chi connectivity index (χ2n) is 7.89. The number of carbonyl (C=O) groups is 2. The van der Waals surface area contributed by atoms with E-state index < -0.39 is 5.72 Å². The molecule has 0 bridgehead atoms. The largest absolute Gasteiger partial charge is 0.496 e. The summed E-state index contributed by atoms with van der Waals surface area (Å²) in [5.41, 5.74) is 1.25. The van der Waals surface area contributed by atoms with E-state index in [9.17, 15) is 9.59 Å². The molecule has 5 rings (SSSR count). The molecule has 0 unspecified atom stereocenters. The number of nitrogens with zero attached hydrogens (tertiary/aromatic N) is 2. The van der Waals surface area contributed by atoms with Crippen LogP contribution in [0.4, 0.5) is 0 Å². The van der Waals surface area contributed by atoms with E-state index in [0.29, 0.717) is 31.7 Å². The summed E-state index contributed by atoms with van der Waals surface area (Å²) in [5, 5.41) is 0. The van der Waals surface area contributed by atoms with Crippen molar-refractivity contribution >= 4 is 11.8 Å². The molecule has 6 heteroatoms. The molecule has 0 N–H and O–H groups in total. The lowest BCUT2D eigenvalue weighted by Crippen LogP contribution is -2.49. The number of methoxy groups -OCH3 is 1. The van der Waals surface area contributed by atoms with Crippen LogP contribution in [0.2, 0.25) is 0 Å². The van der Waals surface area contributed by atoms with Gasteiger partial charge in [-0.1, -0.05) is 48.5 Å². The van der Waals surface area contributed by atoms with Gasteiger partial charge in [0.15, 0.2) is 5.72 Å². The van der Waals surface area contributed by atoms with Crippen LogP contribution in [0.1, 0.15) is 30.0 Å². The molecule has 2 aromatic rings. The number of rotatable bonds is 4. The molecule has 2 aromatic carbocycles. The molecule has 1 spiro atoms. The van der Waals surface area contributed by atoms with Crippen molar-refractivity contribution < 1.29 is 19.1 Å². The van der Waals surface area contributed by atoms with Gasteiger partial charge in [0.05, 0.1) is 38.6 Å². The van der Waals surface area contributed by atoms with Gasteiger partial charge in [-0.3, -0.25) is 9.59 Å². The molecular weight excluding hydrogens is 368 g/mol. The molecular formula is C23H24N2O4. The van der Waals surface area contributed by atoms with Crippen molar-refractivity contribution in [2.45, 2.75) is 37.1 Å². The summed E-state index contributed by atoms with van der Waals surface area (Å²) >= 11 is 0. The molecule has 3 atom stereocenters. The van der Waals surface area contributed by atoms with E-state index in [0.717, 1.165) is 11.1 Å². The van der Waals surface area contributed by atoms with Crippen molar-refractivity contribution in [2.75, 3.05) is 20.3 Å². The lowest BCUT2D eigenvalue weighted by Gasteiger charge is -2.33. The Labute approximate surface area is 170 Å². The van der Waals surface area contributed by atoms with Gasteiger partial charge in [-0.25, -0.2) is 0 Å². The Kier molecular flexibility index (Phi) is 4.32. The molecule has 2 amide bonds. The summed E-state index contributed by atoms with van der Waals surface area (Å²) in [6.45, 7) is 1.07. The van der Waals surface area contributed by atoms with Gasteiger partial charge < -0.3 is 19.3 Å². The van der Waals surface area contributed by atoms with Crippen LogP contribution in [-0.4, -0.2) is 53.6 Å². The van der Waals surface area contributed by atoms with Crippen molar-refractivity contribution in [3.63, 3.8) is 0 Å². The van der Waals surface area contributed by atoms with Crippen molar-refractivity contribution in [2.24, 2.45) is 0 Å². The summed E-state index contributed by atoms with van der Waals surface area (Å²) in [5.74, 6) is 0.786. The number of likely N-dealkylation sites (tertiary alicyclic amines) is 1. The van der Waals surface area contributed by atoms with E-state index in [-0.39, 0.29) is 30.3 Å². The molecule has 3 heterocycles. The number of ether oxygens (including phenoxy) is 2. The molecule has 29 heavy (non-hydrogen) atoms. The molecule has 0 radical (unpaired) electrons. The van der Waals surface area contributed by atoms with Crippen LogP contribution in [0.5, 0.6) is 5.75 Å². The van der Waals surface area contributed by atoms with E-state index in [2.05, 4.69) is 0 Å². The highest BCUT2D eigenvalue weighted by Gasteiger charge is 2.65. The minimum absolute atomic E-state index is 0.0118. The summed E-state index contributed by atoms with van der Waals surface area (Å²) in [4.78, 5) is 29.9. The average molecular weight is 392 g/mol. The zero-order valence-corrected chi connectivity index (χ0v) is 16.4. The lowest BCUT2D eigenvalue weighted by atomic mass is 10.0. The van der Waals surface area contributed by atoms with Crippen molar-refractivity contribution in [1.82, 2.24) is 9.80 Å². The van der Waals surface area contributed by atoms with Crippen LogP contribution in [0.25, 0.3) is 0 Å². The number of hydrogen-bond donors (Lipinski definition) is 0. The Hall–Kier alpha value is -2.86. The molecule has 3 saturated heterocycles. The Balaban J connectivity index is 1.39. The van der Waals surface area contributed by atoms with Gasteiger partial charge in [0, 0.05) is 18.5 Å². The predicted octanol–water partition coefficient (Wildman–Crippen LogP) is 2.54. The fourth-order valence-corrected chi connectivity index (χ4v) is 5.18. The first-order valence-corrected chi connectivity index (χ1v) is 10.1. The first-order chi connectivity index (χ1) is 14.1. The quantitative estimate of drug-likeness (QED) is 0.802. The molecule has 150 valence electrons. The van der Waals surface area contributed by atoms with Gasteiger partial charge in [-0.05, 0) is 11.6 Å². The van der Waals surface area contributed by atoms with Crippen LogP contribution in [0.3, 0.4) is 0 Å². The highest BCUT2D eigenvalue weighted by Crippen LogP contribution is 2.51. The van der Waals surface area contributed by atoms with E-state index >= 15 is 0 Å². The Morgan fingerprint density at radius 1 is 1.17 bits per heavy atom. The van der Waals surface area contributed by atoms with Crippen molar-refractivity contribution in [3.05, 3.63) is 65.7 Å².